The topological polar surface area (TPSA) is 26.0 Å². The molecule has 0 aliphatic rings. The van der Waals surface area contributed by atoms with Gasteiger partial charge in [0.1, 0.15) is 0 Å². The van der Waals surface area contributed by atoms with E-state index in [-0.39, 0.29) is 13.0 Å². The second kappa shape index (κ2) is 4.61. The van der Waals surface area contributed by atoms with Gasteiger partial charge in [0, 0.05) is 5.92 Å². The first-order valence-corrected chi connectivity index (χ1v) is 2.76. The molecule has 0 aromatic heterocycles. The van der Waals surface area contributed by atoms with Crippen LogP contribution < -0.4 is 5.73 Å². The average Bonchev–Trinajstić information content (AvgIpc) is 1.82. The van der Waals surface area contributed by atoms with Crippen molar-refractivity contribution in [1.82, 2.24) is 0 Å². The van der Waals surface area contributed by atoms with Crippen molar-refractivity contribution in [1.29, 1.82) is 0 Å². The van der Waals surface area contributed by atoms with Gasteiger partial charge in [-0.15, -0.1) is 0 Å². The van der Waals surface area contributed by atoms with Gasteiger partial charge >= 0.3 is 0 Å². The Morgan fingerprint density at radius 3 is 2.00 bits per heavy atom. The molecule has 1 nitrogen and oxygen atoms in total. The van der Waals surface area contributed by atoms with Crippen molar-refractivity contribution in [3.05, 3.63) is 0 Å². The van der Waals surface area contributed by atoms with Gasteiger partial charge in [-0.1, -0.05) is 0 Å². The van der Waals surface area contributed by atoms with Crippen molar-refractivity contribution in [2.45, 2.75) is 12.8 Å². The zero-order chi connectivity index (χ0) is 7.28. The number of hydrogen-bond donors (Lipinski definition) is 1. The molecule has 0 aliphatic heterocycles. The molecule has 0 aromatic carbocycles. The minimum absolute atomic E-state index is 0.0637. The summed E-state index contributed by atoms with van der Waals surface area (Å²) in [5.41, 5.74) is 4.94. The molecule has 0 saturated heterocycles. The summed E-state index contributed by atoms with van der Waals surface area (Å²) < 4.78 is 34.7. The van der Waals surface area contributed by atoms with Crippen LogP contribution in [0.2, 0.25) is 0 Å². The molecule has 56 valence electrons. The fourth-order valence-corrected chi connectivity index (χ4v) is 0.485. The molecule has 0 fully saturated rings. The van der Waals surface area contributed by atoms with Gasteiger partial charge in [-0.25, -0.2) is 8.78 Å². The molecular weight excluding hydrogens is 131 g/mol. The normalized spacial score (nSPS) is 14.3. The number of nitrogens with two attached hydrogens (primary N) is 1. The maximum atomic E-state index is 11.6. The van der Waals surface area contributed by atoms with Gasteiger partial charge in [0.2, 0.25) is 6.43 Å². The molecule has 1 atom stereocenters. The van der Waals surface area contributed by atoms with Crippen molar-refractivity contribution in [2.24, 2.45) is 11.7 Å². The van der Waals surface area contributed by atoms with E-state index in [4.69, 9.17) is 5.73 Å². The van der Waals surface area contributed by atoms with Crippen molar-refractivity contribution in [3.8, 4) is 0 Å². The average molecular weight is 141 g/mol. The molecule has 0 bridgehead atoms. The van der Waals surface area contributed by atoms with Crippen LogP contribution in [0.25, 0.3) is 0 Å². The first-order valence-electron chi connectivity index (χ1n) is 2.76. The zero-order valence-corrected chi connectivity index (χ0v) is 4.99. The maximum Gasteiger partial charge on any atom is 0.243 e. The molecule has 1 unspecified atom stereocenters. The molecule has 9 heavy (non-hydrogen) atoms. The van der Waals surface area contributed by atoms with Gasteiger partial charge in [-0.3, -0.25) is 4.39 Å². The summed E-state index contributed by atoms with van der Waals surface area (Å²) in [5.74, 6) is -1.16. The summed E-state index contributed by atoms with van der Waals surface area (Å²) in [4.78, 5) is 0. The summed E-state index contributed by atoms with van der Waals surface area (Å²) in [7, 11) is 0. The van der Waals surface area contributed by atoms with E-state index < -0.39 is 19.0 Å². The van der Waals surface area contributed by atoms with Crippen LogP contribution in [-0.4, -0.2) is 19.6 Å². The highest BCUT2D eigenvalue weighted by atomic mass is 19.3. The van der Waals surface area contributed by atoms with Gasteiger partial charge < -0.3 is 5.73 Å². The van der Waals surface area contributed by atoms with Gasteiger partial charge in [0.15, 0.2) is 0 Å². The van der Waals surface area contributed by atoms with Crippen LogP contribution in [0.5, 0.6) is 0 Å². The summed E-state index contributed by atoms with van der Waals surface area (Å²) in [6, 6.07) is 0. The van der Waals surface area contributed by atoms with E-state index in [0.717, 1.165) is 0 Å². The molecule has 2 N–H and O–H groups in total. The third kappa shape index (κ3) is 3.35. The van der Waals surface area contributed by atoms with Crippen LogP contribution in [0.3, 0.4) is 0 Å². The standard InChI is InChI=1S/C5H10F3N/c6-3-4(1-2-9)5(7)8/h4-5H,1-3,9H2. The van der Waals surface area contributed by atoms with E-state index in [2.05, 4.69) is 0 Å². The SMILES string of the molecule is NCCC(CF)C(F)F. The zero-order valence-electron chi connectivity index (χ0n) is 4.99. The molecule has 0 radical (unpaired) electrons. The Hall–Kier alpha value is -0.250. The van der Waals surface area contributed by atoms with Crippen LogP contribution >= 0.6 is 0 Å². The largest absolute Gasteiger partial charge is 0.330 e. The maximum absolute atomic E-state index is 11.6. The Morgan fingerprint density at radius 2 is 1.89 bits per heavy atom. The quantitative estimate of drug-likeness (QED) is 0.625. The van der Waals surface area contributed by atoms with Crippen LogP contribution in [0.4, 0.5) is 13.2 Å². The summed E-state index contributed by atoms with van der Waals surface area (Å²) in [6.45, 7) is -0.853. The summed E-state index contributed by atoms with van der Waals surface area (Å²) >= 11 is 0. The van der Waals surface area contributed by atoms with Crippen LogP contribution in [0.1, 0.15) is 6.42 Å². The van der Waals surface area contributed by atoms with Crippen LogP contribution in [-0.2, 0) is 0 Å². The number of alkyl halides is 3. The molecule has 0 heterocycles. The van der Waals surface area contributed by atoms with Crippen molar-refractivity contribution < 1.29 is 13.2 Å². The van der Waals surface area contributed by atoms with Gasteiger partial charge in [0.25, 0.3) is 0 Å². The number of hydrogen-bond acceptors (Lipinski definition) is 1. The van der Waals surface area contributed by atoms with E-state index in [1.807, 2.05) is 0 Å². The lowest BCUT2D eigenvalue weighted by Crippen LogP contribution is -2.17. The minimum atomic E-state index is -2.57. The molecule has 0 rings (SSSR count). The summed E-state index contributed by atoms with van der Waals surface area (Å²) in [6.07, 6.45) is -2.51. The predicted octanol–water partition coefficient (Wildman–Crippen LogP) is 1.19. The monoisotopic (exact) mass is 141 g/mol. The predicted molar refractivity (Wildman–Crippen MR) is 29.1 cm³/mol. The summed E-state index contributed by atoms with van der Waals surface area (Å²) in [5, 5.41) is 0. The first kappa shape index (κ1) is 8.75. The third-order valence-electron chi connectivity index (χ3n) is 1.09. The lowest BCUT2D eigenvalue weighted by molar-refractivity contribution is 0.0591. The third-order valence-corrected chi connectivity index (χ3v) is 1.09. The Kier molecular flexibility index (Phi) is 4.48. The molecule has 0 saturated carbocycles. The number of rotatable bonds is 4. The van der Waals surface area contributed by atoms with E-state index >= 15 is 0 Å². The van der Waals surface area contributed by atoms with E-state index in [1.165, 1.54) is 0 Å². The fourth-order valence-electron chi connectivity index (χ4n) is 0.485. The minimum Gasteiger partial charge on any atom is -0.330 e. The molecular formula is C5H10F3N. The Morgan fingerprint density at radius 1 is 1.33 bits per heavy atom. The van der Waals surface area contributed by atoms with Gasteiger partial charge in [-0.2, -0.15) is 0 Å². The molecule has 0 amide bonds. The first-order chi connectivity index (χ1) is 4.22. The Labute approximate surface area is 52.0 Å². The molecule has 0 spiro atoms. The lowest BCUT2D eigenvalue weighted by atomic mass is 10.1. The Bertz CT molecular complexity index is 67.2. The number of halogens is 3. The highest BCUT2D eigenvalue weighted by Crippen LogP contribution is 2.13. The second-order valence-electron chi connectivity index (χ2n) is 1.83. The van der Waals surface area contributed by atoms with Crippen LogP contribution in [0.15, 0.2) is 0 Å². The molecule has 0 aliphatic carbocycles. The van der Waals surface area contributed by atoms with E-state index in [9.17, 15) is 13.2 Å². The highest BCUT2D eigenvalue weighted by molar-refractivity contribution is 4.59. The smallest absolute Gasteiger partial charge is 0.243 e. The van der Waals surface area contributed by atoms with Crippen molar-refractivity contribution in [2.75, 3.05) is 13.2 Å². The second-order valence-corrected chi connectivity index (χ2v) is 1.83. The van der Waals surface area contributed by atoms with Crippen LogP contribution in [0, 0.1) is 5.92 Å². The lowest BCUT2D eigenvalue weighted by Gasteiger charge is -2.08. The van der Waals surface area contributed by atoms with Gasteiger partial charge in [-0.05, 0) is 13.0 Å². The van der Waals surface area contributed by atoms with Crippen molar-refractivity contribution in [3.63, 3.8) is 0 Å². The van der Waals surface area contributed by atoms with Crippen molar-refractivity contribution >= 4 is 0 Å². The highest BCUT2D eigenvalue weighted by Gasteiger charge is 2.18. The van der Waals surface area contributed by atoms with E-state index in [1.54, 1.807) is 0 Å². The fraction of sp³-hybridized carbons (Fsp3) is 1.00. The van der Waals surface area contributed by atoms with E-state index in [0.29, 0.717) is 0 Å². The Balaban J connectivity index is 3.41. The van der Waals surface area contributed by atoms with Gasteiger partial charge in [0.05, 0.1) is 6.67 Å². The molecule has 4 heteroatoms. The molecule has 0 aromatic rings.